The molecule has 2 heterocycles. The van der Waals surface area contributed by atoms with Crippen molar-refractivity contribution in [1.82, 2.24) is 20.4 Å². The number of rotatable bonds is 3. The number of carbonyl (C=O) groups excluding carboxylic acids is 1. The van der Waals surface area contributed by atoms with Crippen LogP contribution >= 0.6 is 0 Å². The molecular weight excluding hydrogens is 280 g/mol. The van der Waals surface area contributed by atoms with E-state index in [0.29, 0.717) is 17.3 Å². The number of nitrogens with one attached hydrogen (secondary N) is 2. The Balaban J connectivity index is 1.99. The fourth-order valence-corrected chi connectivity index (χ4v) is 2.25. The standard InChI is InChI=1S/C16H16N4O2/c1-9(2)10-3-5-11(6-4-10)15-18-12-7-13(16(21)20-22)17-8-14(12)19-15/h3-9,22H,1-2H3,(H,18,19)(H,20,21). The molecule has 3 N–H and O–H groups in total. The van der Waals surface area contributed by atoms with E-state index in [1.807, 2.05) is 12.1 Å². The summed E-state index contributed by atoms with van der Waals surface area (Å²) in [6, 6.07) is 9.72. The fourth-order valence-electron chi connectivity index (χ4n) is 2.25. The van der Waals surface area contributed by atoms with Crippen LogP contribution in [-0.4, -0.2) is 26.1 Å². The molecule has 0 saturated carbocycles. The van der Waals surface area contributed by atoms with Gasteiger partial charge in [0.1, 0.15) is 11.5 Å². The lowest BCUT2D eigenvalue weighted by Crippen LogP contribution is -2.19. The molecule has 0 aliphatic rings. The molecule has 0 bridgehead atoms. The van der Waals surface area contributed by atoms with Crippen LogP contribution in [0.2, 0.25) is 0 Å². The highest BCUT2D eigenvalue weighted by atomic mass is 16.5. The van der Waals surface area contributed by atoms with Crippen molar-refractivity contribution in [3.05, 3.63) is 47.8 Å². The summed E-state index contributed by atoms with van der Waals surface area (Å²) < 4.78 is 0. The maximum atomic E-state index is 11.4. The summed E-state index contributed by atoms with van der Waals surface area (Å²) in [4.78, 5) is 23.0. The van der Waals surface area contributed by atoms with Gasteiger partial charge in [0.15, 0.2) is 0 Å². The Bertz CT molecular complexity index is 822. The van der Waals surface area contributed by atoms with Gasteiger partial charge < -0.3 is 4.98 Å². The molecular formula is C16H16N4O2. The van der Waals surface area contributed by atoms with Crippen LogP contribution < -0.4 is 5.48 Å². The first kappa shape index (κ1) is 14.2. The second-order valence-corrected chi connectivity index (χ2v) is 5.39. The second-order valence-electron chi connectivity index (χ2n) is 5.39. The summed E-state index contributed by atoms with van der Waals surface area (Å²) in [6.07, 6.45) is 1.53. The maximum Gasteiger partial charge on any atom is 0.293 e. The summed E-state index contributed by atoms with van der Waals surface area (Å²) in [5, 5.41) is 8.65. The zero-order valence-corrected chi connectivity index (χ0v) is 12.3. The van der Waals surface area contributed by atoms with Crippen molar-refractivity contribution >= 4 is 16.9 Å². The third kappa shape index (κ3) is 2.56. The first-order valence-electron chi connectivity index (χ1n) is 6.99. The zero-order chi connectivity index (χ0) is 15.7. The van der Waals surface area contributed by atoms with Gasteiger partial charge in [-0.2, -0.15) is 0 Å². The van der Waals surface area contributed by atoms with Crippen LogP contribution in [0, 0.1) is 0 Å². The molecule has 3 rings (SSSR count). The molecule has 0 unspecified atom stereocenters. The average Bonchev–Trinajstić information content (AvgIpc) is 2.97. The molecule has 0 aliphatic heterocycles. The lowest BCUT2D eigenvalue weighted by Gasteiger charge is -2.05. The van der Waals surface area contributed by atoms with Crippen molar-refractivity contribution in [2.45, 2.75) is 19.8 Å². The number of fused-ring (bicyclic) bond motifs is 1. The molecule has 0 spiro atoms. The Hall–Kier alpha value is -2.73. The van der Waals surface area contributed by atoms with Crippen LogP contribution in [0.25, 0.3) is 22.4 Å². The number of aromatic nitrogens is 3. The molecule has 112 valence electrons. The van der Waals surface area contributed by atoms with Crippen molar-refractivity contribution in [3.8, 4) is 11.4 Å². The molecule has 0 radical (unpaired) electrons. The van der Waals surface area contributed by atoms with Crippen molar-refractivity contribution in [2.24, 2.45) is 0 Å². The van der Waals surface area contributed by atoms with Crippen molar-refractivity contribution in [3.63, 3.8) is 0 Å². The quantitative estimate of drug-likeness (QED) is 0.512. The summed E-state index contributed by atoms with van der Waals surface area (Å²) in [5.74, 6) is 0.537. The minimum absolute atomic E-state index is 0.114. The molecule has 6 nitrogen and oxygen atoms in total. The van der Waals surface area contributed by atoms with Crippen LogP contribution in [0.15, 0.2) is 36.5 Å². The Morgan fingerprint density at radius 3 is 2.64 bits per heavy atom. The first-order valence-corrected chi connectivity index (χ1v) is 6.99. The maximum absolute atomic E-state index is 11.4. The third-order valence-corrected chi connectivity index (χ3v) is 3.55. The first-order chi connectivity index (χ1) is 10.6. The molecule has 22 heavy (non-hydrogen) atoms. The molecule has 1 aromatic carbocycles. The summed E-state index contributed by atoms with van der Waals surface area (Å²) in [6.45, 7) is 4.30. The SMILES string of the molecule is CC(C)c1ccc(-c2nc3cc(C(=O)NO)ncc3[nH]2)cc1. The number of imidazole rings is 1. The topological polar surface area (TPSA) is 90.9 Å². The van der Waals surface area contributed by atoms with E-state index < -0.39 is 5.91 Å². The summed E-state index contributed by atoms with van der Waals surface area (Å²) in [5.41, 5.74) is 5.26. The molecule has 0 atom stereocenters. The van der Waals surface area contributed by atoms with Gasteiger partial charge in [-0.05, 0) is 17.5 Å². The number of nitrogens with zero attached hydrogens (tertiary/aromatic N) is 2. The van der Waals surface area contributed by atoms with Crippen LogP contribution in [0.1, 0.15) is 35.8 Å². The van der Waals surface area contributed by atoms with E-state index in [2.05, 4.69) is 40.9 Å². The van der Waals surface area contributed by atoms with Gasteiger partial charge in [-0.15, -0.1) is 0 Å². The van der Waals surface area contributed by atoms with Crippen LogP contribution in [0.5, 0.6) is 0 Å². The molecule has 0 saturated heterocycles. The lowest BCUT2D eigenvalue weighted by atomic mass is 10.0. The average molecular weight is 296 g/mol. The van der Waals surface area contributed by atoms with Gasteiger partial charge >= 0.3 is 0 Å². The molecule has 0 fully saturated rings. The van der Waals surface area contributed by atoms with E-state index in [-0.39, 0.29) is 5.69 Å². The fraction of sp³-hybridized carbons (Fsp3) is 0.188. The van der Waals surface area contributed by atoms with E-state index in [1.54, 1.807) is 5.48 Å². The number of carbonyl (C=O) groups is 1. The highest BCUT2D eigenvalue weighted by Gasteiger charge is 2.11. The van der Waals surface area contributed by atoms with Crippen LogP contribution in [-0.2, 0) is 0 Å². The van der Waals surface area contributed by atoms with E-state index in [0.717, 1.165) is 11.1 Å². The zero-order valence-electron chi connectivity index (χ0n) is 12.3. The number of H-pyrrole nitrogens is 1. The highest BCUT2D eigenvalue weighted by molar-refractivity contribution is 5.94. The van der Waals surface area contributed by atoms with Crippen molar-refractivity contribution in [1.29, 1.82) is 0 Å². The number of amides is 1. The Morgan fingerprint density at radius 2 is 2.00 bits per heavy atom. The van der Waals surface area contributed by atoms with Gasteiger partial charge in [0, 0.05) is 5.56 Å². The van der Waals surface area contributed by atoms with E-state index in [9.17, 15) is 4.79 Å². The number of aromatic amines is 1. The molecule has 1 amide bonds. The Kier molecular flexibility index (Phi) is 3.60. The van der Waals surface area contributed by atoms with Crippen LogP contribution in [0.3, 0.4) is 0 Å². The highest BCUT2D eigenvalue weighted by Crippen LogP contribution is 2.23. The number of hydroxylamine groups is 1. The summed E-state index contributed by atoms with van der Waals surface area (Å²) in [7, 11) is 0. The van der Waals surface area contributed by atoms with Gasteiger partial charge in [0.05, 0.1) is 17.2 Å². The second kappa shape index (κ2) is 5.57. The lowest BCUT2D eigenvalue weighted by molar-refractivity contribution is 0.0701. The Morgan fingerprint density at radius 1 is 1.27 bits per heavy atom. The van der Waals surface area contributed by atoms with Crippen LogP contribution in [0.4, 0.5) is 0 Å². The summed E-state index contributed by atoms with van der Waals surface area (Å²) >= 11 is 0. The molecule has 6 heteroatoms. The van der Waals surface area contributed by atoms with Gasteiger partial charge in [-0.3, -0.25) is 10.0 Å². The smallest absolute Gasteiger partial charge is 0.293 e. The van der Waals surface area contributed by atoms with Gasteiger partial charge in [-0.25, -0.2) is 15.4 Å². The third-order valence-electron chi connectivity index (χ3n) is 3.55. The van der Waals surface area contributed by atoms with E-state index in [4.69, 9.17) is 5.21 Å². The monoisotopic (exact) mass is 296 g/mol. The predicted molar refractivity (Wildman–Crippen MR) is 82.7 cm³/mol. The molecule has 0 aliphatic carbocycles. The minimum atomic E-state index is -0.660. The van der Waals surface area contributed by atoms with Gasteiger partial charge in [-0.1, -0.05) is 38.1 Å². The van der Waals surface area contributed by atoms with Crippen molar-refractivity contribution < 1.29 is 10.0 Å². The number of hydrogen-bond acceptors (Lipinski definition) is 4. The number of hydrogen-bond donors (Lipinski definition) is 3. The minimum Gasteiger partial charge on any atom is -0.337 e. The largest absolute Gasteiger partial charge is 0.337 e. The molecule has 2 aromatic heterocycles. The van der Waals surface area contributed by atoms with E-state index >= 15 is 0 Å². The molecule has 3 aromatic rings. The Labute approximate surface area is 127 Å². The normalized spacial score (nSPS) is 11.1. The number of pyridine rings is 1. The van der Waals surface area contributed by atoms with Gasteiger partial charge in [0.2, 0.25) is 0 Å². The predicted octanol–water partition coefficient (Wildman–Crippen LogP) is 2.87. The number of benzene rings is 1. The van der Waals surface area contributed by atoms with Gasteiger partial charge in [0.25, 0.3) is 5.91 Å². The van der Waals surface area contributed by atoms with E-state index in [1.165, 1.54) is 17.8 Å². The van der Waals surface area contributed by atoms with Crippen molar-refractivity contribution in [2.75, 3.05) is 0 Å².